The van der Waals surface area contributed by atoms with Crippen LogP contribution in [0, 0.1) is 15.9 Å². The van der Waals surface area contributed by atoms with Crippen molar-refractivity contribution in [2.75, 3.05) is 6.61 Å². The molecule has 10 heteroatoms. The summed E-state index contributed by atoms with van der Waals surface area (Å²) in [5.41, 5.74) is -0.696. The van der Waals surface area contributed by atoms with Crippen LogP contribution in [-0.2, 0) is 4.74 Å². The number of carbonyl (C=O) groups is 1. The maximum Gasteiger partial charge on any atom is 0.396 e. The summed E-state index contributed by atoms with van der Waals surface area (Å²) in [7, 11) is 0. The Bertz CT molecular complexity index is 690. The highest BCUT2D eigenvalue weighted by atomic mass is 32.2. The van der Waals surface area contributed by atoms with Crippen LogP contribution in [0.15, 0.2) is 32.7 Å². The van der Waals surface area contributed by atoms with Gasteiger partial charge in [-0.3, -0.25) is 10.1 Å². The molecule has 0 fully saturated rings. The van der Waals surface area contributed by atoms with Gasteiger partial charge in [-0.15, -0.1) is 5.10 Å². The molecule has 1 aromatic carbocycles. The molecular weight excluding hydrogens is 305 g/mol. The molecule has 0 unspecified atom stereocenters. The van der Waals surface area contributed by atoms with Gasteiger partial charge in [-0.2, -0.15) is 4.39 Å². The minimum Gasteiger partial charge on any atom is -0.459 e. The van der Waals surface area contributed by atoms with Crippen LogP contribution in [0.25, 0.3) is 0 Å². The third-order valence-electron chi connectivity index (χ3n) is 2.19. The van der Waals surface area contributed by atoms with Crippen LogP contribution in [0.4, 0.5) is 10.1 Å². The molecule has 0 atom stereocenters. The number of hydrogen-bond donors (Lipinski definition) is 0. The molecule has 1 heterocycles. The first-order chi connectivity index (χ1) is 10.0. The third kappa shape index (κ3) is 3.34. The molecule has 0 bridgehead atoms. The van der Waals surface area contributed by atoms with Gasteiger partial charge < -0.3 is 9.15 Å². The predicted molar refractivity (Wildman–Crippen MR) is 67.4 cm³/mol. The van der Waals surface area contributed by atoms with Gasteiger partial charge in [-0.05, 0) is 30.8 Å². The van der Waals surface area contributed by atoms with Crippen LogP contribution in [0.5, 0.6) is 0 Å². The van der Waals surface area contributed by atoms with Crippen LogP contribution < -0.4 is 0 Å². The number of hydrogen-bond acceptors (Lipinski definition) is 8. The summed E-state index contributed by atoms with van der Waals surface area (Å²) >= 11 is 0.683. The molecule has 2 rings (SSSR count). The van der Waals surface area contributed by atoms with Crippen molar-refractivity contribution in [3.05, 3.63) is 40.0 Å². The molecule has 21 heavy (non-hydrogen) atoms. The molecule has 110 valence electrons. The average molecular weight is 313 g/mol. The molecule has 0 saturated carbocycles. The highest BCUT2D eigenvalue weighted by Gasteiger charge is 2.23. The Labute approximate surface area is 121 Å². The van der Waals surface area contributed by atoms with E-state index in [-0.39, 0.29) is 22.6 Å². The van der Waals surface area contributed by atoms with E-state index in [0.29, 0.717) is 11.8 Å². The van der Waals surface area contributed by atoms with Crippen LogP contribution in [0.2, 0.25) is 0 Å². The van der Waals surface area contributed by atoms with E-state index in [9.17, 15) is 19.3 Å². The number of ether oxygens (including phenoxy) is 1. The second-order valence-electron chi connectivity index (χ2n) is 3.54. The van der Waals surface area contributed by atoms with E-state index in [1.807, 2.05) is 0 Å². The normalized spacial score (nSPS) is 10.4. The Balaban J connectivity index is 2.25. The number of benzene rings is 1. The topological polar surface area (TPSA) is 108 Å². The van der Waals surface area contributed by atoms with Gasteiger partial charge in [-0.1, -0.05) is 11.2 Å². The Hall–Kier alpha value is -2.49. The molecule has 0 N–H and O–H groups in total. The maximum atomic E-state index is 13.4. The molecule has 0 spiro atoms. The van der Waals surface area contributed by atoms with E-state index in [4.69, 9.17) is 4.42 Å². The molecular formula is C11H8FN3O5S. The van der Waals surface area contributed by atoms with Crippen molar-refractivity contribution in [2.24, 2.45) is 0 Å². The summed E-state index contributed by atoms with van der Waals surface area (Å²) in [6, 6.07) is 3.62. The van der Waals surface area contributed by atoms with Gasteiger partial charge in [0.2, 0.25) is 5.82 Å². The van der Waals surface area contributed by atoms with Crippen molar-refractivity contribution < 1.29 is 23.3 Å². The molecule has 0 radical (unpaired) electrons. The molecule has 0 amide bonds. The molecule has 0 aliphatic carbocycles. The zero-order chi connectivity index (χ0) is 15.4. The van der Waals surface area contributed by atoms with Gasteiger partial charge in [0.05, 0.1) is 16.4 Å². The summed E-state index contributed by atoms with van der Waals surface area (Å²) in [5, 5.41) is 17.7. The number of aromatic nitrogens is 2. The molecule has 8 nitrogen and oxygen atoms in total. The smallest absolute Gasteiger partial charge is 0.396 e. The van der Waals surface area contributed by atoms with E-state index in [1.54, 1.807) is 6.92 Å². The van der Waals surface area contributed by atoms with Gasteiger partial charge in [0, 0.05) is 0 Å². The molecule has 0 saturated heterocycles. The van der Waals surface area contributed by atoms with E-state index < -0.39 is 22.4 Å². The molecule has 2 aromatic rings. The van der Waals surface area contributed by atoms with Crippen molar-refractivity contribution >= 4 is 23.4 Å². The lowest BCUT2D eigenvalue weighted by Crippen LogP contribution is -2.04. The van der Waals surface area contributed by atoms with Crippen LogP contribution in [-0.4, -0.2) is 27.7 Å². The number of nitro groups is 1. The van der Waals surface area contributed by atoms with Gasteiger partial charge in [0.25, 0.3) is 5.22 Å². The zero-order valence-corrected chi connectivity index (χ0v) is 11.4. The SMILES string of the molecule is CCOC(=O)c1nnc(Sc2cccc(F)c2[N+](=O)[O-])o1. The fourth-order valence-corrected chi connectivity index (χ4v) is 2.18. The van der Waals surface area contributed by atoms with Gasteiger partial charge in [0.15, 0.2) is 0 Å². The number of esters is 1. The number of para-hydroxylation sites is 1. The van der Waals surface area contributed by atoms with Crippen LogP contribution >= 0.6 is 11.8 Å². The van der Waals surface area contributed by atoms with Gasteiger partial charge in [-0.25, -0.2) is 4.79 Å². The van der Waals surface area contributed by atoms with Crippen molar-refractivity contribution in [2.45, 2.75) is 17.0 Å². The fraction of sp³-hybridized carbons (Fsp3) is 0.182. The maximum absolute atomic E-state index is 13.4. The van der Waals surface area contributed by atoms with Crippen molar-refractivity contribution in [1.29, 1.82) is 0 Å². The Kier molecular flexibility index (Phi) is 4.48. The van der Waals surface area contributed by atoms with Crippen LogP contribution in [0.1, 0.15) is 17.6 Å². The van der Waals surface area contributed by atoms with Crippen LogP contribution in [0.3, 0.4) is 0 Å². The largest absolute Gasteiger partial charge is 0.459 e. The average Bonchev–Trinajstić information content (AvgIpc) is 2.87. The third-order valence-corrected chi connectivity index (χ3v) is 3.08. The lowest BCUT2D eigenvalue weighted by atomic mass is 10.3. The predicted octanol–water partition coefficient (Wildman–Crippen LogP) is 2.44. The quantitative estimate of drug-likeness (QED) is 0.470. The Morgan fingerprint density at radius 3 is 2.95 bits per heavy atom. The minimum absolute atomic E-state index is 0.0148. The molecule has 1 aromatic heterocycles. The Morgan fingerprint density at radius 1 is 1.52 bits per heavy atom. The van der Waals surface area contributed by atoms with Gasteiger partial charge >= 0.3 is 17.5 Å². The Morgan fingerprint density at radius 2 is 2.29 bits per heavy atom. The monoisotopic (exact) mass is 313 g/mol. The molecule has 0 aliphatic rings. The first kappa shape index (κ1) is 14.9. The lowest BCUT2D eigenvalue weighted by molar-refractivity contribution is -0.390. The number of carbonyl (C=O) groups excluding carboxylic acids is 1. The molecule has 0 aliphatic heterocycles. The highest BCUT2D eigenvalue weighted by molar-refractivity contribution is 7.99. The summed E-state index contributed by atoms with van der Waals surface area (Å²) < 4.78 is 23.1. The minimum atomic E-state index is -0.977. The summed E-state index contributed by atoms with van der Waals surface area (Å²) in [5.74, 6) is -2.15. The summed E-state index contributed by atoms with van der Waals surface area (Å²) in [6.07, 6.45) is 0. The standard InChI is InChI=1S/C11H8FN3O5S/c1-2-19-10(16)9-13-14-11(20-9)21-7-5-3-4-6(12)8(7)15(17)18/h3-5H,2H2,1H3. The van der Waals surface area contributed by atoms with E-state index in [0.717, 1.165) is 6.07 Å². The number of nitrogens with zero attached hydrogens (tertiary/aromatic N) is 3. The second kappa shape index (κ2) is 6.31. The van der Waals surface area contributed by atoms with Crippen molar-refractivity contribution in [3.63, 3.8) is 0 Å². The zero-order valence-electron chi connectivity index (χ0n) is 10.6. The number of rotatable bonds is 5. The highest BCUT2D eigenvalue weighted by Crippen LogP contribution is 2.35. The first-order valence-electron chi connectivity index (χ1n) is 5.64. The van der Waals surface area contributed by atoms with Crippen molar-refractivity contribution in [1.82, 2.24) is 10.2 Å². The summed E-state index contributed by atoms with van der Waals surface area (Å²) in [6.45, 7) is 1.75. The second-order valence-corrected chi connectivity index (χ2v) is 4.53. The van der Waals surface area contributed by atoms with Crippen molar-refractivity contribution in [3.8, 4) is 0 Å². The van der Waals surface area contributed by atoms with Gasteiger partial charge in [0.1, 0.15) is 0 Å². The summed E-state index contributed by atoms with van der Waals surface area (Å²) in [4.78, 5) is 21.3. The van der Waals surface area contributed by atoms with E-state index >= 15 is 0 Å². The van der Waals surface area contributed by atoms with E-state index in [2.05, 4.69) is 14.9 Å². The number of nitro benzene ring substituents is 1. The lowest BCUT2D eigenvalue weighted by Gasteiger charge is -1.99. The number of halogens is 1. The first-order valence-corrected chi connectivity index (χ1v) is 6.46. The van der Waals surface area contributed by atoms with E-state index in [1.165, 1.54) is 12.1 Å². The fourth-order valence-electron chi connectivity index (χ4n) is 1.38.